The maximum absolute atomic E-state index is 13.3. The van der Waals surface area contributed by atoms with Crippen LogP contribution in [-0.4, -0.2) is 48.8 Å². The number of nitrogens with one attached hydrogen (secondary N) is 1. The molecule has 1 aromatic heterocycles. The van der Waals surface area contributed by atoms with Crippen molar-refractivity contribution in [2.75, 3.05) is 26.2 Å². The van der Waals surface area contributed by atoms with Crippen molar-refractivity contribution in [3.8, 4) is 0 Å². The average molecular weight is 419 g/mol. The van der Waals surface area contributed by atoms with E-state index in [1.807, 2.05) is 18.2 Å². The van der Waals surface area contributed by atoms with Gasteiger partial charge in [-0.25, -0.2) is 8.42 Å². The third kappa shape index (κ3) is 5.59. The Labute approximate surface area is 171 Å². The van der Waals surface area contributed by atoms with E-state index in [-0.39, 0.29) is 18.0 Å². The van der Waals surface area contributed by atoms with Crippen LogP contribution in [0.3, 0.4) is 0 Å². The Bertz CT molecular complexity index is 949. The number of nitro groups is 1. The molecule has 0 saturated heterocycles. The molecular formula is C20H26N4O4S. The molecule has 1 aliphatic rings. The second-order valence-corrected chi connectivity index (χ2v) is 8.97. The summed E-state index contributed by atoms with van der Waals surface area (Å²) in [6.45, 7) is 1.76. The fourth-order valence-corrected chi connectivity index (χ4v) is 5.02. The highest BCUT2D eigenvalue weighted by molar-refractivity contribution is 7.89. The van der Waals surface area contributed by atoms with E-state index >= 15 is 0 Å². The number of nitrogens with zero attached hydrogens (tertiary/aromatic N) is 3. The molecule has 1 aliphatic heterocycles. The molecule has 29 heavy (non-hydrogen) atoms. The molecule has 0 unspecified atom stereocenters. The molecule has 1 aromatic carbocycles. The highest BCUT2D eigenvalue weighted by atomic mass is 32.2. The van der Waals surface area contributed by atoms with Crippen LogP contribution < -0.4 is 5.32 Å². The number of sulfonamides is 1. The highest BCUT2D eigenvalue weighted by Gasteiger charge is 2.31. The number of aromatic nitrogens is 1. The van der Waals surface area contributed by atoms with Crippen molar-refractivity contribution in [3.63, 3.8) is 0 Å². The van der Waals surface area contributed by atoms with Crippen LogP contribution >= 0.6 is 0 Å². The zero-order chi connectivity index (χ0) is 20.7. The minimum Gasteiger partial charge on any atom is -0.315 e. The Morgan fingerprint density at radius 3 is 2.48 bits per heavy atom. The smallest absolute Gasteiger partial charge is 0.289 e. The summed E-state index contributed by atoms with van der Waals surface area (Å²) in [5.41, 5.74) is 1.44. The van der Waals surface area contributed by atoms with E-state index in [4.69, 9.17) is 0 Å². The fraction of sp³-hybridized carbons (Fsp3) is 0.450. The molecule has 0 amide bonds. The van der Waals surface area contributed by atoms with Crippen LogP contribution in [0.2, 0.25) is 0 Å². The van der Waals surface area contributed by atoms with Gasteiger partial charge in [-0.15, -0.1) is 0 Å². The zero-order valence-electron chi connectivity index (χ0n) is 16.3. The number of benzene rings is 1. The number of fused-ring (bicyclic) bond motifs is 2. The summed E-state index contributed by atoms with van der Waals surface area (Å²) in [5, 5.41) is 14.6. The topological polar surface area (TPSA) is 105 Å². The quantitative estimate of drug-likeness (QED) is 0.607. The first-order valence-electron chi connectivity index (χ1n) is 9.87. The summed E-state index contributed by atoms with van der Waals surface area (Å²) in [6, 6.07) is 11.3. The monoisotopic (exact) mass is 418 g/mol. The first-order valence-corrected chi connectivity index (χ1v) is 11.3. The SMILES string of the molecule is O=[N+]([O-])c1ccccc1S(=O)(=O)N1CCNCCCCCc2cccc(n2)CC1. The van der Waals surface area contributed by atoms with Gasteiger partial charge in [-0.1, -0.05) is 24.6 Å². The summed E-state index contributed by atoms with van der Waals surface area (Å²) in [6.07, 6.45) is 4.53. The standard InChI is InChI=1S/C20H26N4O4S/c25-24(26)19-10-3-4-11-20(19)29(27,28)23-15-12-18-9-6-8-17(22-18)7-2-1-5-13-21-14-16-23/h3-4,6,8-11,21H,1-2,5,7,12-16H2. The van der Waals surface area contributed by atoms with Crippen LogP contribution in [0.1, 0.15) is 30.7 Å². The fourth-order valence-electron chi connectivity index (χ4n) is 3.43. The van der Waals surface area contributed by atoms with E-state index in [1.54, 1.807) is 0 Å². The van der Waals surface area contributed by atoms with Crippen LogP contribution in [0.15, 0.2) is 47.4 Å². The lowest BCUT2D eigenvalue weighted by atomic mass is 10.1. The van der Waals surface area contributed by atoms with E-state index in [0.717, 1.165) is 43.6 Å². The number of aryl methyl sites for hydroxylation is 1. The van der Waals surface area contributed by atoms with Gasteiger partial charge < -0.3 is 5.32 Å². The summed E-state index contributed by atoms with van der Waals surface area (Å²) < 4.78 is 27.8. The van der Waals surface area contributed by atoms with Gasteiger partial charge in [0.25, 0.3) is 5.69 Å². The van der Waals surface area contributed by atoms with Crippen molar-refractivity contribution in [2.45, 2.75) is 37.0 Å². The summed E-state index contributed by atoms with van der Waals surface area (Å²) in [5.74, 6) is 0. The minimum absolute atomic E-state index is 0.215. The maximum atomic E-state index is 13.3. The molecule has 2 aromatic rings. The first kappa shape index (κ1) is 21.4. The van der Waals surface area contributed by atoms with Crippen molar-refractivity contribution in [3.05, 3.63) is 64.0 Å². The van der Waals surface area contributed by atoms with Crippen LogP contribution in [-0.2, 0) is 22.9 Å². The minimum atomic E-state index is -4.01. The summed E-state index contributed by atoms with van der Waals surface area (Å²) >= 11 is 0. The average Bonchev–Trinajstić information content (AvgIpc) is 2.71. The summed E-state index contributed by atoms with van der Waals surface area (Å²) in [4.78, 5) is 15.1. The van der Waals surface area contributed by atoms with E-state index in [1.165, 1.54) is 28.6 Å². The first-order chi connectivity index (χ1) is 14.0. The lowest BCUT2D eigenvalue weighted by Gasteiger charge is -2.22. The second kappa shape index (κ2) is 9.91. The van der Waals surface area contributed by atoms with Crippen molar-refractivity contribution in [1.82, 2.24) is 14.6 Å². The van der Waals surface area contributed by atoms with Crippen LogP contribution in [0, 0.1) is 10.1 Å². The van der Waals surface area contributed by atoms with Gasteiger partial charge in [0.15, 0.2) is 4.90 Å². The van der Waals surface area contributed by atoms with Gasteiger partial charge in [0.2, 0.25) is 10.0 Å². The molecule has 0 spiro atoms. The number of para-hydroxylation sites is 1. The zero-order valence-corrected chi connectivity index (χ0v) is 17.1. The van der Waals surface area contributed by atoms with E-state index in [0.29, 0.717) is 13.0 Å². The van der Waals surface area contributed by atoms with Gasteiger partial charge in [0, 0.05) is 43.5 Å². The number of rotatable bonds is 3. The largest absolute Gasteiger partial charge is 0.315 e. The Hall–Kier alpha value is -2.36. The van der Waals surface area contributed by atoms with Gasteiger partial charge in [-0.3, -0.25) is 15.1 Å². The normalized spacial score (nSPS) is 17.4. The number of hydrogen-bond acceptors (Lipinski definition) is 6. The molecule has 1 N–H and O–H groups in total. The van der Waals surface area contributed by atoms with E-state index in [2.05, 4.69) is 10.3 Å². The highest BCUT2D eigenvalue weighted by Crippen LogP contribution is 2.26. The number of pyridine rings is 1. The summed E-state index contributed by atoms with van der Waals surface area (Å²) in [7, 11) is -4.01. The van der Waals surface area contributed by atoms with Crippen molar-refractivity contribution >= 4 is 15.7 Å². The second-order valence-electron chi connectivity index (χ2n) is 7.06. The molecule has 0 radical (unpaired) electrons. The molecule has 0 saturated carbocycles. The lowest BCUT2D eigenvalue weighted by Crippen LogP contribution is -2.38. The molecule has 156 valence electrons. The molecule has 2 bridgehead atoms. The Kier molecular flexibility index (Phi) is 7.29. The van der Waals surface area contributed by atoms with Crippen LogP contribution in [0.5, 0.6) is 0 Å². The molecule has 0 fully saturated rings. The van der Waals surface area contributed by atoms with E-state index < -0.39 is 20.6 Å². The molecule has 0 aliphatic carbocycles. The van der Waals surface area contributed by atoms with Crippen molar-refractivity contribution < 1.29 is 13.3 Å². The van der Waals surface area contributed by atoms with Crippen LogP contribution in [0.4, 0.5) is 5.69 Å². The number of hydrogen-bond donors (Lipinski definition) is 1. The maximum Gasteiger partial charge on any atom is 0.289 e. The van der Waals surface area contributed by atoms with Crippen molar-refractivity contribution in [1.29, 1.82) is 0 Å². The Balaban J connectivity index is 1.89. The van der Waals surface area contributed by atoms with Gasteiger partial charge in [-0.05, 0) is 44.0 Å². The van der Waals surface area contributed by atoms with Crippen LogP contribution in [0.25, 0.3) is 0 Å². The van der Waals surface area contributed by atoms with Gasteiger partial charge in [0.05, 0.1) is 4.92 Å². The number of nitro benzene ring substituents is 1. The molecule has 0 atom stereocenters. The molecule has 9 heteroatoms. The Morgan fingerprint density at radius 1 is 0.931 bits per heavy atom. The van der Waals surface area contributed by atoms with Gasteiger partial charge in [0.1, 0.15) is 0 Å². The van der Waals surface area contributed by atoms with E-state index in [9.17, 15) is 18.5 Å². The third-order valence-corrected chi connectivity index (χ3v) is 6.93. The molecular weight excluding hydrogens is 392 g/mol. The molecule has 8 nitrogen and oxygen atoms in total. The third-order valence-electron chi connectivity index (χ3n) is 4.99. The lowest BCUT2D eigenvalue weighted by molar-refractivity contribution is -0.387. The predicted molar refractivity (Wildman–Crippen MR) is 110 cm³/mol. The van der Waals surface area contributed by atoms with Gasteiger partial charge in [-0.2, -0.15) is 4.31 Å². The molecule has 2 heterocycles. The molecule has 3 rings (SSSR count). The Morgan fingerprint density at radius 2 is 1.69 bits per heavy atom. The van der Waals surface area contributed by atoms with Gasteiger partial charge >= 0.3 is 0 Å². The van der Waals surface area contributed by atoms with Crippen molar-refractivity contribution in [2.24, 2.45) is 0 Å². The predicted octanol–water partition coefficient (Wildman–Crippen LogP) is 2.54.